The summed E-state index contributed by atoms with van der Waals surface area (Å²) in [4.78, 5) is 0. The van der Waals surface area contributed by atoms with Crippen LogP contribution in [0.15, 0.2) is 182 Å². The number of para-hydroxylation sites is 4. The van der Waals surface area contributed by atoms with Crippen molar-refractivity contribution < 1.29 is 0 Å². The van der Waals surface area contributed by atoms with Crippen molar-refractivity contribution in [3.8, 4) is 44.8 Å². The zero-order valence-electron chi connectivity index (χ0n) is 29.7. The lowest BCUT2D eigenvalue weighted by atomic mass is 9.95. The van der Waals surface area contributed by atoms with Crippen molar-refractivity contribution >= 4 is 62.1 Å². The molecule has 2 aromatic heterocycles. The zero-order valence-corrected chi connectivity index (χ0v) is 30.7. The summed E-state index contributed by atoms with van der Waals surface area (Å²) < 4.78 is 4.82. The Hall–Kier alpha value is -6.42. The van der Waals surface area contributed by atoms with Crippen LogP contribution in [0, 0.1) is 0 Å². The molecule has 53 heavy (non-hydrogen) atoms. The summed E-state index contributed by atoms with van der Waals surface area (Å²) in [5.74, 6) is 0. The fraction of sp³-hybridized carbons (Fsp3) is 0.0400. The van der Waals surface area contributed by atoms with E-state index in [2.05, 4.69) is 204 Å². The maximum absolute atomic E-state index is 2.54. The van der Waals surface area contributed by atoms with Crippen LogP contribution in [0.4, 0.5) is 0 Å². The molecule has 0 spiro atoms. The first-order valence-corrected chi connectivity index (χ1v) is 21.5. The third-order valence-corrected chi connectivity index (χ3v) is 15.2. The van der Waals surface area contributed by atoms with E-state index in [1.165, 1.54) is 98.7 Å². The fourth-order valence-corrected chi connectivity index (χ4v) is 12.4. The molecule has 0 aliphatic carbocycles. The SMILES string of the molecule is C[Si]1(C)c2cc(-c3cccc4c3c3ccccc3n4-c3ccccc3)ccc2-c2ccc(-c3cccc4c3c3ccccc3n4-c3ccccc3)cc21. The molecule has 2 nitrogen and oxygen atoms in total. The molecule has 11 rings (SSSR count). The highest BCUT2D eigenvalue weighted by Gasteiger charge is 2.38. The second kappa shape index (κ2) is 11.3. The molecule has 3 heterocycles. The third-order valence-electron chi connectivity index (χ3n) is 11.7. The summed E-state index contributed by atoms with van der Waals surface area (Å²) in [6, 6.07) is 67.4. The molecule has 0 N–H and O–H groups in total. The van der Waals surface area contributed by atoms with Crippen molar-refractivity contribution in [1.82, 2.24) is 9.13 Å². The van der Waals surface area contributed by atoms with Crippen LogP contribution in [0.1, 0.15) is 0 Å². The Morgan fingerprint density at radius 3 is 1.19 bits per heavy atom. The first kappa shape index (κ1) is 30.2. The van der Waals surface area contributed by atoms with Gasteiger partial charge in [-0.1, -0.05) is 147 Å². The second-order valence-corrected chi connectivity index (χ2v) is 19.2. The second-order valence-electron chi connectivity index (χ2n) is 14.9. The average Bonchev–Trinajstić information content (AvgIpc) is 3.81. The highest BCUT2D eigenvalue weighted by atomic mass is 28.3. The van der Waals surface area contributed by atoms with E-state index in [-0.39, 0.29) is 0 Å². The van der Waals surface area contributed by atoms with Crippen LogP contribution < -0.4 is 10.4 Å². The van der Waals surface area contributed by atoms with E-state index in [1.54, 1.807) is 0 Å². The van der Waals surface area contributed by atoms with E-state index in [4.69, 9.17) is 0 Å². The molecule has 0 radical (unpaired) electrons. The Morgan fingerprint density at radius 2 is 0.736 bits per heavy atom. The van der Waals surface area contributed by atoms with Gasteiger partial charge in [-0.3, -0.25) is 0 Å². The number of rotatable bonds is 4. The highest BCUT2D eigenvalue weighted by Crippen LogP contribution is 2.42. The molecule has 0 atom stereocenters. The lowest BCUT2D eigenvalue weighted by Crippen LogP contribution is -2.49. The molecule has 0 amide bonds. The van der Waals surface area contributed by atoms with Crippen molar-refractivity contribution in [2.75, 3.05) is 0 Å². The zero-order chi connectivity index (χ0) is 35.3. The van der Waals surface area contributed by atoms with Crippen LogP contribution in [-0.4, -0.2) is 17.2 Å². The third kappa shape index (κ3) is 4.32. The Balaban J connectivity index is 1.06. The Morgan fingerprint density at radius 1 is 0.340 bits per heavy atom. The minimum Gasteiger partial charge on any atom is -0.309 e. The average molecular weight is 693 g/mol. The summed E-state index contributed by atoms with van der Waals surface area (Å²) in [6.07, 6.45) is 0. The van der Waals surface area contributed by atoms with Crippen LogP contribution in [0.5, 0.6) is 0 Å². The molecule has 1 aliphatic rings. The van der Waals surface area contributed by atoms with Crippen LogP contribution in [-0.2, 0) is 0 Å². The van der Waals surface area contributed by atoms with Gasteiger partial charge in [0.05, 0.1) is 22.1 Å². The van der Waals surface area contributed by atoms with Gasteiger partial charge in [0.1, 0.15) is 8.07 Å². The summed E-state index contributed by atoms with van der Waals surface area (Å²) in [5, 5.41) is 8.23. The monoisotopic (exact) mass is 692 g/mol. The number of benzene rings is 8. The lowest BCUT2D eigenvalue weighted by molar-refractivity contribution is 1.18. The Bertz CT molecular complexity index is 2870. The summed E-state index contributed by atoms with van der Waals surface area (Å²) in [7, 11) is -2.06. The van der Waals surface area contributed by atoms with Gasteiger partial charge in [0, 0.05) is 32.9 Å². The van der Waals surface area contributed by atoms with Gasteiger partial charge >= 0.3 is 0 Å². The van der Waals surface area contributed by atoms with Gasteiger partial charge in [0.25, 0.3) is 0 Å². The standard InChI is InChI=1S/C50H36N2Si/c1-53(2)47-31-33(37-21-13-25-45-49(37)41-19-9-11-23-43(41)51(45)35-15-5-3-6-16-35)27-29-39(47)40-30-28-34(32-48(40)53)38-22-14-26-46-50(38)42-20-10-12-24-44(42)52(46)36-17-7-4-8-18-36/h3-32H,1-2H3. The number of hydrogen-bond donors (Lipinski definition) is 0. The first-order chi connectivity index (χ1) is 26.1. The van der Waals surface area contributed by atoms with E-state index >= 15 is 0 Å². The quantitative estimate of drug-likeness (QED) is 0.163. The van der Waals surface area contributed by atoms with Gasteiger partial charge < -0.3 is 9.13 Å². The fourth-order valence-electron chi connectivity index (χ4n) is 9.30. The molecule has 3 heteroatoms. The molecular formula is C50H36N2Si. The largest absolute Gasteiger partial charge is 0.309 e. The van der Waals surface area contributed by atoms with Crippen LogP contribution in [0.3, 0.4) is 0 Å². The van der Waals surface area contributed by atoms with Crippen LogP contribution in [0.2, 0.25) is 13.1 Å². The molecule has 0 saturated carbocycles. The van der Waals surface area contributed by atoms with E-state index in [9.17, 15) is 0 Å². The normalized spacial score (nSPS) is 13.2. The smallest absolute Gasteiger partial charge is 0.113 e. The van der Waals surface area contributed by atoms with Crippen molar-refractivity contribution in [3.63, 3.8) is 0 Å². The minimum atomic E-state index is -2.06. The molecule has 0 bridgehead atoms. The van der Waals surface area contributed by atoms with Crippen LogP contribution >= 0.6 is 0 Å². The lowest BCUT2D eigenvalue weighted by Gasteiger charge is -2.20. The summed E-state index contributed by atoms with van der Waals surface area (Å²) in [6.45, 7) is 5.07. The van der Waals surface area contributed by atoms with Crippen molar-refractivity contribution in [3.05, 3.63) is 182 Å². The van der Waals surface area contributed by atoms with Gasteiger partial charge in [-0.2, -0.15) is 0 Å². The maximum atomic E-state index is 2.54. The van der Waals surface area contributed by atoms with Crippen molar-refractivity contribution in [1.29, 1.82) is 0 Å². The van der Waals surface area contributed by atoms with E-state index in [0.717, 1.165) is 0 Å². The molecule has 0 fully saturated rings. The molecule has 0 unspecified atom stereocenters. The van der Waals surface area contributed by atoms with Crippen LogP contribution in [0.25, 0.3) is 88.4 Å². The van der Waals surface area contributed by atoms with Crippen molar-refractivity contribution in [2.45, 2.75) is 13.1 Å². The number of nitrogens with zero attached hydrogens (tertiary/aromatic N) is 2. The van der Waals surface area contributed by atoms with Gasteiger partial charge in [-0.25, -0.2) is 0 Å². The molecule has 1 aliphatic heterocycles. The maximum Gasteiger partial charge on any atom is 0.113 e. The molecule has 8 aromatic carbocycles. The molecule has 250 valence electrons. The molecule has 0 saturated heterocycles. The molecular weight excluding hydrogens is 657 g/mol. The van der Waals surface area contributed by atoms with Crippen molar-refractivity contribution in [2.24, 2.45) is 0 Å². The summed E-state index contributed by atoms with van der Waals surface area (Å²) >= 11 is 0. The predicted octanol–water partition coefficient (Wildman–Crippen LogP) is 12.0. The van der Waals surface area contributed by atoms with Gasteiger partial charge in [0.2, 0.25) is 0 Å². The Labute approximate surface area is 309 Å². The Kier molecular flexibility index (Phi) is 6.44. The van der Waals surface area contributed by atoms with Gasteiger partial charge in [-0.05, 0) is 92.3 Å². The number of aromatic nitrogens is 2. The van der Waals surface area contributed by atoms with E-state index in [1.807, 2.05) is 0 Å². The number of fused-ring (bicyclic) bond motifs is 9. The van der Waals surface area contributed by atoms with Gasteiger partial charge in [0.15, 0.2) is 0 Å². The predicted molar refractivity (Wildman–Crippen MR) is 228 cm³/mol. The highest BCUT2D eigenvalue weighted by molar-refractivity contribution is 7.04. The number of hydrogen-bond acceptors (Lipinski definition) is 0. The molecule has 10 aromatic rings. The summed E-state index contributed by atoms with van der Waals surface area (Å²) in [5.41, 5.74) is 15.3. The minimum absolute atomic E-state index is 1.19. The first-order valence-electron chi connectivity index (χ1n) is 18.5. The van der Waals surface area contributed by atoms with E-state index in [0.29, 0.717) is 0 Å². The van der Waals surface area contributed by atoms with Gasteiger partial charge in [-0.15, -0.1) is 0 Å². The topological polar surface area (TPSA) is 9.86 Å². The van der Waals surface area contributed by atoms with E-state index < -0.39 is 8.07 Å².